The van der Waals surface area contributed by atoms with Crippen LogP contribution in [0.2, 0.25) is 10.0 Å². The van der Waals surface area contributed by atoms with Crippen molar-refractivity contribution in [1.82, 2.24) is 29.2 Å². The van der Waals surface area contributed by atoms with E-state index in [1.54, 1.807) is 28.7 Å². The highest BCUT2D eigenvalue weighted by Gasteiger charge is 2.26. The molecule has 10 heteroatoms. The highest BCUT2D eigenvalue weighted by Crippen LogP contribution is 2.41. The van der Waals surface area contributed by atoms with Crippen LogP contribution in [0.25, 0.3) is 21.6 Å². The van der Waals surface area contributed by atoms with E-state index in [0.717, 1.165) is 34.0 Å². The number of hydrogen-bond acceptors (Lipinski definition) is 6. The molecule has 1 aromatic carbocycles. The number of rotatable bonds is 3. The fourth-order valence-corrected chi connectivity index (χ4v) is 7.19. The SMILES string of the molecule is C[C@H]1CCc2c(sc3c2c2ncnn2c2nnc(SCc4ccc(Cl)cc4Cl)n32)C1. The Morgan fingerprint density at radius 3 is 3.03 bits per heavy atom. The third-order valence-electron chi connectivity index (χ3n) is 5.65. The normalized spacial score (nSPS) is 16.7. The molecule has 1 aliphatic rings. The topological polar surface area (TPSA) is 60.4 Å². The van der Waals surface area contributed by atoms with Crippen molar-refractivity contribution in [2.75, 3.05) is 0 Å². The molecule has 4 aromatic heterocycles. The van der Waals surface area contributed by atoms with Crippen molar-refractivity contribution >= 4 is 67.9 Å². The Balaban J connectivity index is 1.53. The van der Waals surface area contributed by atoms with Crippen molar-refractivity contribution in [2.45, 2.75) is 37.1 Å². The Labute approximate surface area is 190 Å². The number of nitrogens with zero attached hydrogens (tertiary/aromatic N) is 6. The third kappa shape index (κ3) is 2.85. The van der Waals surface area contributed by atoms with Gasteiger partial charge in [0.25, 0.3) is 5.78 Å². The van der Waals surface area contributed by atoms with Crippen LogP contribution in [-0.2, 0) is 18.6 Å². The number of fused-ring (bicyclic) bond motifs is 8. The van der Waals surface area contributed by atoms with E-state index < -0.39 is 0 Å². The lowest BCUT2D eigenvalue weighted by molar-refractivity contribution is 0.509. The van der Waals surface area contributed by atoms with Gasteiger partial charge in [0.15, 0.2) is 10.8 Å². The van der Waals surface area contributed by atoms with Gasteiger partial charge in [-0.15, -0.1) is 21.5 Å². The minimum absolute atomic E-state index is 0.635. The summed E-state index contributed by atoms with van der Waals surface area (Å²) in [5.74, 6) is 2.07. The molecular formula is C20H16Cl2N6S2. The third-order valence-corrected chi connectivity index (χ3v) is 8.45. The van der Waals surface area contributed by atoms with Gasteiger partial charge in [0.2, 0.25) is 0 Å². The fraction of sp³-hybridized carbons (Fsp3) is 0.300. The molecule has 0 saturated carbocycles. The number of aryl methyl sites for hydroxylation is 1. The maximum absolute atomic E-state index is 6.37. The molecule has 1 aliphatic carbocycles. The van der Waals surface area contributed by atoms with E-state index in [9.17, 15) is 0 Å². The van der Waals surface area contributed by atoms with Gasteiger partial charge in [-0.05, 0) is 48.4 Å². The van der Waals surface area contributed by atoms with Crippen molar-refractivity contribution < 1.29 is 0 Å². The summed E-state index contributed by atoms with van der Waals surface area (Å²) in [4.78, 5) is 7.16. The van der Waals surface area contributed by atoms with Gasteiger partial charge in [0.1, 0.15) is 11.2 Å². The van der Waals surface area contributed by atoms with Crippen LogP contribution in [0.3, 0.4) is 0 Å². The molecule has 0 spiro atoms. The minimum Gasteiger partial charge on any atom is -0.244 e. The summed E-state index contributed by atoms with van der Waals surface area (Å²) < 4.78 is 3.93. The fourth-order valence-electron chi connectivity index (χ4n) is 4.13. The second kappa shape index (κ2) is 7.09. The lowest BCUT2D eigenvalue weighted by atomic mass is 9.89. The maximum Gasteiger partial charge on any atom is 0.260 e. The molecule has 4 heterocycles. The molecule has 5 aromatic rings. The molecule has 30 heavy (non-hydrogen) atoms. The Kier molecular flexibility index (Phi) is 4.46. The molecule has 6 nitrogen and oxygen atoms in total. The van der Waals surface area contributed by atoms with Crippen molar-refractivity contribution in [2.24, 2.45) is 5.92 Å². The first-order chi connectivity index (χ1) is 14.6. The summed E-state index contributed by atoms with van der Waals surface area (Å²) in [6.07, 6.45) is 4.99. The quantitative estimate of drug-likeness (QED) is 0.313. The van der Waals surface area contributed by atoms with Gasteiger partial charge in [-0.1, -0.05) is 48.0 Å². The zero-order valence-electron chi connectivity index (χ0n) is 16.0. The van der Waals surface area contributed by atoms with Gasteiger partial charge in [-0.2, -0.15) is 9.61 Å². The number of aromatic nitrogens is 6. The largest absolute Gasteiger partial charge is 0.260 e. The van der Waals surface area contributed by atoms with Gasteiger partial charge in [0.05, 0.1) is 5.39 Å². The number of hydrogen-bond donors (Lipinski definition) is 0. The highest BCUT2D eigenvalue weighted by atomic mass is 35.5. The second-order valence-electron chi connectivity index (χ2n) is 7.67. The van der Waals surface area contributed by atoms with Crippen LogP contribution in [0.15, 0.2) is 29.7 Å². The molecule has 0 fully saturated rings. The van der Waals surface area contributed by atoms with Gasteiger partial charge >= 0.3 is 0 Å². The first kappa shape index (κ1) is 18.9. The Morgan fingerprint density at radius 1 is 1.27 bits per heavy atom. The van der Waals surface area contributed by atoms with Gasteiger partial charge in [-0.25, -0.2) is 9.38 Å². The first-order valence-electron chi connectivity index (χ1n) is 9.68. The molecule has 0 saturated heterocycles. The van der Waals surface area contributed by atoms with E-state index in [4.69, 9.17) is 23.2 Å². The highest BCUT2D eigenvalue weighted by molar-refractivity contribution is 7.98. The summed E-state index contributed by atoms with van der Waals surface area (Å²) in [5.41, 5.74) is 3.30. The summed E-state index contributed by atoms with van der Waals surface area (Å²) in [5, 5.41) is 16.7. The lowest BCUT2D eigenvalue weighted by Crippen LogP contribution is -2.08. The standard InChI is InChI=1S/C20H16Cl2N6S2/c1-10-2-5-13-15(6-10)30-18-16(13)17-23-9-24-28(17)19-25-26-20(27(18)19)29-8-11-3-4-12(21)7-14(11)22/h3-4,7,9-10H,2,5-6,8H2,1H3/t10-/m0/s1. The van der Waals surface area contributed by atoms with E-state index in [0.29, 0.717) is 27.5 Å². The van der Waals surface area contributed by atoms with E-state index >= 15 is 0 Å². The monoisotopic (exact) mass is 474 g/mol. The molecule has 0 bridgehead atoms. The van der Waals surface area contributed by atoms with Crippen molar-refractivity contribution in [1.29, 1.82) is 0 Å². The van der Waals surface area contributed by atoms with Gasteiger partial charge in [-0.3, -0.25) is 0 Å². The molecule has 1 atom stereocenters. The molecule has 0 N–H and O–H groups in total. The second-order valence-corrected chi connectivity index (χ2v) is 10.5. The average molecular weight is 475 g/mol. The Hall–Kier alpha value is -1.87. The van der Waals surface area contributed by atoms with E-state index in [2.05, 4.69) is 31.6 Å². The molecule has 0 unspecified atom stereocenters. The summed E-state index contributed by atoms with van der Waals surface area (Å²) in [6.45, 7) is 2.32. The van der Waals surface area contributed by atoms with Crippen LogP contribution in [0, 0.1) is 5.92 Å². The van der Waals surface area contributed by atoms with Crippen molar-refractivity contribution in [3.05, 3.63) is 50.6 Å². The van der Waals surface area contributed by atoms with Crippen molar-refractivity contribution in [3.8, 4) is 0 Å². The molecule has 6 rings (SSSR count). The molecule has 0 aliphatic heterocycles. The number of benzene rings is 1. The van der Waals surface area contributed by atoms with E-state index in [1.807, 2.05) is 23.5 Å². The number of halogens is 2. The van der Waals surface area contributed by atoms with Crippen LogP contribution in [0.5, 0.6) is 0 Å². The first-order valence-corrected chi connectivity index (χ1v) is 12.2. The van der Waals surface area contributed by atoms with Crippen LogP contribution in [0.1, 0.15) is 29.3 Å². The molecule has 152 valence electrons. The zero-order valence-corrected chi connectivity index (χ0v) is 19.1. The predicted octanol–water partition coefficient (Wildman–Crippen LogP) is 5.71. The van der Waals surface area contributed by atoms with E-state index in [1.165, 1.54) is 22.2 Å². The van der Waals surface area contributed by atoms with Crippen LogP contribution in [0.4, 0.5) is 0 Å². The number of thiophene rings is 1. The summed E-state index contributed by atoms with van der Waals surface area (Å²) in [7, 11) is 0. The summed E-state index contributed by atoms with van der Waals surface area (Å²) >= 11 is 15.9. The van der Waals surface area contributed by atoms with Crippen LogP contribution >= 0.6 is 46.3 Å². The minimum atomic E-state index is 0.635. The zero-order chi connectivity index (χ0) is 20.4. The molecule has 0 radical (unpaired) electrons. The predicted molar refractivity (Wildman–Crippen MR) is 122 cm³/mol. The molecule has 0 amide bonds. The van der Waals surface area contributed by atoms with E-state index in [-0.39, 0.29) is 0 Å². The van der Waals surface area contributed by atoms with Gasteiger partial charge in [0, 0.05) is 20.7 Å². The maximum atomic E-state index is 6.37. The average Bonchev–Trinajstić information content (AvgIpc) is 3.42. The van der Waals surface area contributed by atoms with Crippen LogP contribution < -0.4 is 0 Å². The molecular weight excluding hydrogens is 459 g/mol. The Morgan fingerprint density at radius 2 is 2.17 bits per heavy atom. The number of thioether (sulfide) groups is 1. The van der Waals surface area contributed by atoms with Gasteiger partial charge < -0.3 is 0 Å². The smallest absolute Gasteiger partial charge is 0.244 e. The lowest BCUT2D eigenvalue weighted by Gasteiger charge is -2.17. The van der Waals surface area contributed by atoms with Crippen molar-refractivity contribution in [3.63, 3.8) is 0 Å². The Bertz CT molecular complexity index is 1440. The summed E-state index contributed by atoms with van der Waals surface area (Å²) in [6, 6.07) is 5.58. The van der Waals surface area contributed by atoms with Crippen LogP contribution in [-0.4, -0.2) is 29.2 Å².